The summed E-state index contributed by atoms with van der Waals surface area (Å²) in [6.45, 7) is 5.63. The third-order valence-electron chi connectivity index (χ3n) is 4.93. The molecule has 240 valence electrons. The van der Waals surface area contributed by atoms with Crippen LogP contribution in [0, 0.1) is 0 Å². The number of carbonyl (C=O) groups excluding carboxylic acids is 7. The molecule has 15 heteroatoms. The molecule has 0 radical (unpaired) electrons. The highest BCUT2D eigenvalue weighted by molar-refractivity contribution is 5.96. The predicted molar refractivity (Wildman–Crippen MR) is 153 cm³/mol. The molecular weight excluding hydrogens is 598 g/mol. The van der Waals surface area contributed by atoms with Crippen LogP contribution in [0.1, 0.15) is 50.5 Å². The van der Waals surface area contributed by atoms with Crippen molar-refractivity contribution < 1.29 is 66.7 Å². The van der Waals surface area contributed by atoms with Gasteiger partial charge in [-0.25, -0.2) is 4.79 Å². The van der Waals surface area contributed by atoms with Crippen LogP contribution in [-0.2, 0) is 38.2 Å². The van der Waals surface area contributed by atoms with E-state index < -0.39 is 41.7 Å². The van der Waals surface area contributed by atoms with E-state index in [4.69, 9.17) is 33.2 Å². The molecule has 2 aromatic carbocycles. The van der Waals surface area contributed by atoms with E-state index in [1.807, 2.05) is 0 Å². The summed E-state index contributed by atoms with van der Waals surface area (Å²) in [5.41, 5.74) is 0.396. The van der Waals surface area contributed by atoms with Crippen LogP contribution in [0.5, 0.6) is 28.7 Å². The van der Waals surface area contributed by atoms with Crippen LogP contribution in [0.25, 0.3) is 6.08 Å². The molecule has 0 spiro atoms. The van der Waals surface area contributed by atoms with Gasteiger partial charge in [0.1, 0.15) is 6.61 Å². The average Bonchev–Trinajstić information content (AvgIpc) is 2.92. The van der Waals surface area contributed by atoms with Gasteiger partial charge in [0, 0.05) is 52.8 Å². The number of hydrogen-bond donors (Lipinski definition) is 1. The Kier molecular flexibility index (Phi) is 13.9. The van der Waals surface area contributed by atoms with Crippen molar-refractivity contribution in [3.8, 4) is 28.7 Å². The second kappa shape index (κ2) is 17.5. The van der Waals surface area contributed by atoms with Crippen molar-refractivity contribution in [2.75, 3.05) is 26.4 Å². The first-order chi connectivity index (χ1) is 21.2. The number of rotatable bonds is 14. The number of carbonyl (C=O) groups is 7. The highest BCUT2D eigenvalue weighted by Crippen LogP contribution is 2.39. The Morgan fingerprint density at radius 1 is 0.622 bits per heavy atom. The minimum Gasteiger partial charge on any atom is -0.460 e. The Morgan fingerprint density at radius 2 is 1.16 bits per heavy atom. The van der Waals surface area contributed by atoms with Crippen molar-refractivity contribution in [2.45, 2.75) is 34.6 Å². The van der Waals surface area contributed by atoms with Crippen molar-refractivity contribution >= 4 is 47.8 Å². The fraction of sp³-hybridized carbons (Fsp3) is 0.300. The van der Waals surface area contributed by atoms with Gasteiger partial charge in [-0.15, -0.1) is 0 Å². The molecule has 0 aliphatic heterocycles. The molecular formula is C30H31NO14. The monoisotopic (exact) mass is 629 g/mol. The normalized spacial score (nSPS) is 10.4. The van der Waals surface area contributed by atoms with Crippen molar-refractivity contribution in [2.24, 2.45) is 0 Å². The van der Waals surface area contributed by atoms with Gasteiger partial charge < -0.3 is 38.5 Å². The van der Waals surface area contributed by atoms with Gasteiger partial charge in [-0.1, -0.05) is 6.07 Å². The van der Waals surface area contributed by atoms with Crippen molar-refractivity contribution in [3.05, 3.63) is 47.5 Å². The maximum atomic E-state index is 12.7. The molecule has 0 bridgehead atoms. The number of hydrogen-bond acceptors (Lipinski definition) is 14. The molecule has 2 rings (SSSR count). The Morgan fingerprint density at radius 3 is 1.71 bits per heavy atom. The van der Waals surface area contributed by atoms with Crippen molar-refractivity contribution in [1.29, 1.82) is 0 Å². The summed E-state index contributed by atoms with van der Waals surface area (Å²) in [4.78, 5) is 81.9. The topological polar surface area (TPSA) is 196 Å². The standard InChI is InChI=1S/C30H31NO14/c1-17(32)41-24-8-6-22(14-25(24)42-18(2)33)7-9-28(37)40-13-12-39-11-10-31-30(38)23-15-26(43-19(3)34)29(45-21(5)36)27(16-23)44-20(4)35/h6-9,14-16H,10-13H2,1-5H3,(H,31,38)/b9-7+. The van der Waals surface area contributed by atoms with E-state index in [2.05, 4.69) is 5.32 Å². The maximum absolute atomic E-state index is 12.7. The Balaban J connectivity index is 1.87. The second-order valence-corrected chi connectivity index (χ2v) is 8.85. The zero-order valence-corrected chi connectivity index (χ0v) is 25.1. The number of amides is 1. The van der Waals surface area contributed by atoms with Crippen LogP contribution in [0.4, 0.5) is 0 Å². The van der Waals surface area contributed by atoms with Gasteiger partial charge in [0.25, 0.3) is 5.91 Å². The number of esters is 6. The molecule has 1 amide bonds. The lowest BCUT2D eigenvalue weighted by Crippen LogP contribution is -2.28. The van der Waals surface area contributed by atoms with Gasteiger partial charge in [-0.05, 0) is 35.9 Å². The third kappa shape index (κ3) is 13.1. The Bertz CT molecular complexity index is 1460. The second-order valence-electron chi connectivity index (χ2n) is 8.85. The van der Waals surface area contributed by atoms with E-state index in [9.17, 15) is 33.6 Å². The van der Waals surface area contributed by atoms with E-state index in [1.54, 1.807) is 0 Å². The molecule has 0 heterocycles. The SMILES string of the molecule is CC(=O)Oc1ccc(/C=C/C(=O)OCCOCCNC(=O)c2cc(OC(C)=O)c(OC(C)=O)c(OC(C)=O)c2)cc1OC(C)=O. The van der Waals surface area contributed by atoms with Gasteiger partial charge in [0.05, 0.1) is 13.2 Å². The maximum Gasteiger partial charge on any atom is 0.330 e. The van der Waals surface area contributed by atoms with Crippen LogP contribution in [0.15, 0.2) is 36.4 Å². The summed E-state index contributed by atoms with van der Waals surface area (Å²) in [5.74, 6) is -5.81. The first kappa shape index (κ1) is 35.6. The molecule has 2 aromatic rings. The molecule has 0 atom stereocenters. The zero-order valence-electron chi connectivity index (χ0n) is 25.1. The van der Waals surface area contributed by atoms with E-state index in [-0.39, 0.29) is 60.7 Å². The molecule has 1 N–H and O–H groups in total. The van der Waals surface area contributed by atoms with Crippen LogP contribution in [0.3, 0.4) is 0 Å². The molecule has 0 unspecified atom stereocenters. The lowest BCUT2D eigenvalue weighted by molar-refractivity contribution is -0.139. The summed E-state index contributed by atoms with van der Waals surface area (Å²) in [7, 11) is 0. The van der Waals surface area contributed by atoms with Gasteiger partial charge in [0.15, 0.2) is 23.0 Å². The Labute approximate surface area is 257 Å². The molecule has 0 aliphatic carbocycles. The highest BCUT2D eigenvalue weighted by atomic mass is 16.6. The largest absolute Gasteiger partial charge is 0.460 e. The molecule has 15 nitrogen and oxygen atoms in total. The first-order valence-electron chi connectivity index (χ1n) is 13.2. The lowest BCUT2D eigenvalue weighted by Gasteiger charge is -2.15. The number of ether oxygens (including phenoxy) is 7. The molecule has 0 fully saturated rings. The van der Waals surface area contributed by atoms with E-state index in [1.165, 1.54) is 38.1 Å². The van der Waals surface area contributed by atoms with Crippen molar-refractivity contribution in [3.63, 3.8) is 0 Å². The summed E-state index contributed by atoms with van der Waals surface area (Å²) < 4.78 is 35.5. The van der Waals surface area contributed by atoms with E-state index >= 15 is 0 Å². The van der Waals surface area contributed by atoms with Crippen LogP contribution in [-0.4, -0.2) is 68.1 Å². The zero-order chi connectivity index (χ0) is 33.5. The summed E-state index contributed by atoms with van der Waals surface area (Å²) in [6, 6.07) is 6.63. The molecule has 0 saturated carbocycles. The van der Waals surface area contributed by atoms with Crippen LogP contribution >= 0.6 is 0 Å². The minimum absolute atomic E-state index is 0.00221. The quantitative estimate of drug-likeness (QED) is 0.138. The molecule has 0 aromatic heterocycles. The van der Waals surface area contributed by atoms with Crippen LogP contribution in [0.2, 0.25) is 0 Å². The average molecular weight is 630 g/mol. The summed E-state index contributed by atoms with van der Waals surface area (Å²) >= 11 is 0. The van der Waals surface area contributed by atoms with Crippen molar-refractivity contribution in [1.82, 2.24) is 5.32 Å². The molecule has 0 saturated heterocycles. The number of nitrogens with one attached hydrogen (secondary N) is 1. The van der Waals surface area contributed by atoms with Gasteiger partial charge in [-0.2, -0.15) is 0 Å². The van der Waals surface area contributed by atoms with E-state index in [0.29, 0.717) is 5.56 Å². The summed E-state index contributed by atoms with van der Waals surface area (Å²) in [5, 5.41) is 2.56. The predicted octanol–water partition coefficient (Wildman–Crippen LogP) is 2.32. The highest BCUT2D eigenvalue weighted by Gasteiger charge is 2.22. The summed E-state index contributed by atoms with van der Waals surface area (Å²) in [6.07, 6.45) is 2.54. The van der Waals surface area contributed by atoms with Gasteiger partial charge >= 0.3 is 35.8 Å². The van der Waals surface area contributed by atoms with E-state index in [0.717, 1.165) is 39.0 Å². The smallest absolute Gasteiger partial charge is 0.330 e. The van der Waals surface area contributed by atoms with Crippen LogP contribution < -0.4 is 29.0 Å². The molecule has 0 aliphatic rings. The minimum atomic E-state index is -0.782. The Hall–Kier alpha value is -5.57. The number of benzene rings is 2. The third-order valence-corrected chi connectivity index (χ3v) is 4.93. The fourth-order valence-electron chi connectivity index (χ4n) is 3.37. The molecule has 45 heavy (non-hydrogen) atoms. The lowest BCUT2D eigenvalue weighted by atomic mass is 10.1. The first-order valence-corrected chi connectivity index (χ1v) is 13.2. The fourth-order valence-corrected chi connectivity index (χ4v) is 3.37. The van der Waals surface area contributed by atoms with Gasteiger partial charge in [0.2, 0.25) is 5.75 Å². The van der Waals surface area contributed by atoms with Gasteiger partial charge in [-0.3, -0.25) is 28.8 Å².